The van der Waals surface area contributed by atoms with Crippen LogP contribution in [-0.4, -0.2) is 29.9 Å². The van der Waals surface area contributed by atoms with Crippen molar-refractivity contribution < 1.29 is 19.7 Å². The Morgan fingerprint density at radius 3 is 2.33 bits per heavy atom. The molecule has 0 amide bonds. The van der Waals surface area contributed by atoms with Gasteiger partial charge in [0.2, 0.25) is 0 Å². The molecule has 0 radical (unpaired) electrons. The minimum atomic E-state index is -1.28. The van der Waals surface area contributed by atoms with Crippen molar-refractivity contribution in [1.82, 2.24) is 0 Å². The standard InChI is InChI=1S/C11H14O4/c1-11(14,7-12)9-5-3-8(4-6-9)10(13)15-2/h3-6,12,14H,7H2,1-2H3/t11-/m1/s1. The number of ether oxygens (including phenoxy) is 1. The number of methoxy groups -OCH3 is 1. The van der Waals surface area contributed by atoms with Gasteiger partial charge in [-0.25, -0.2) is 4.79 Å². The second-order valence-corrected chi connectivity index (χ2v) is 3.50. The highest BCUT2D eigenvalue weighted by molar-refractivity contribution is 5.89. The molecule has 0 aromatic heterocycles. The molecule has 1 aromatic carbocycles. The molecule has 0 saturated carbocycles. The van der Waals surface area contributed by atoms with Crippen LogP contribution in [0.3, 0.4) is 0 Å². The summed E-state index contributed by atoms with van der Waals surface area (Å²) in [6.07, 6.45) is 0. The van der Waals surface area contributed by atoms with E-state index in [1.807, 2.05) is 0 Å². The number of aliphatic hydroxyl groups excluding tert-OH is 1. The van der Waals surface area contributed by atoms with E-state index in [1.54, 1.807) is 24.3 Å². The van der Waals surface area contributed by atoms with Gasteiger partial charge in [0, 0.05) is 0 Å². The Balaban J connectivity index is 2.95. The van der Waals surface area contributed by atoms with Gasteiger partial charge in [0.25, 0.3) is 0 Å². The van der Waals surface area contributed by atoms with Gasteiger partial charge in [0.05, 0.1) is 19.3 Å². The van der Waals surface area contributed by atoms with Crippen LogP contribution in [0, 0.1) is 0 Å². The van der Waals surface area contributed by atoms with Crippen LogP contribution in [0.25, 0.3) is 0 Å². The first-order chi connectivity index (χ1) is 7.01. The quantitative estimate of drug-likeness (QED) is 0.720. The Labute approximate surface area is 88.1 Å². The van der Waals surface area contributed by atoms with Gasteiger partial charge in [-0.2, -0.15) is 0 Å². The van der Waals surface area contributed by atoms with Crippen molar-refractivity contribution in [3.8, 4) is 0 Å². The van der Waals surface area contributed by atoms with E-state index < -0.39 is 11.6 Å². The maximum absolute atomic E-state index is 11.1. The van der Waals surface area contributed by atoms with E-state index >= 15 is 0 Å². The number of hydrogen-bond acceptors (Lipinski definition) is 4. The van der Waals surface area contributed by atoms with E-state index in [2.05, 4.69) is 4.74 Å². The molecule has 0 spiro atoms. The number of benzene rings is 1. The summed E-state index contributed by atoms with van der Waals surface area (Å²) in [6, 6.07) is 6.27. The largest absolute Gasteiger partial charge is 0.465 e. The number of hydrogen-bond donors (Lipinski definition) is 2. The monoisotopic (exact) mass is 210 g/mol. The first-order valence-corrected chi connectivity index (χ1v) is 4.53. The minimum Gasteiger partial charge on any atom is -0.465 e. The van der Waals surface area contributed by atoms with Crippen LogP contribution >= 0.6 is 0 Å². The SMILES string of the molecule is COC(=O)c1ccc([C@](C)(O)CO)cc1. The van der Waals surface area contributed by atoms with Crippen LogP contribution in [0.15, 0.2) is 24.3 Å². The van der Waals surface area contributed by atoms with Gasteiger partial charge in [-0.15, -0.1) is 0 Å². The Hall–Kier alpha value is -1.39. The molecule has 0 fully saturated rings. The first-order valence-electron chi connectivity index (χ1n) is 4.53. The Bertz CT molecular complexity index is 340. The molecule has 0 bridgehead atoms. The van der Waals surface area contributed by atoms with Gasteiger partial charge < -0.3 is 14.9 Å². The number of carbonyl (C=O) groups excluding carboxylic acids is 1. The minimum absolute atomic E-state index is 0.370. The zero-order valence-corrected chi connectivity index (χ0v) is 8.73. The lowest BCUT2D eigenvalue weighted by molar-refractivity contribution is -0.00231. The summed E-state index contributed by atoms with van der Waals surface area (Å²) >= 11 is 0. The summed E-state index contributed by atoms with van der Waals surface area (Å²) in [6.45, 7) is 1.13. The molecule has 0 aliphatic rings. The summed E-state index contributed by atoms with van der Waals surface area (Å²) in [5, 5.41) is 18.6. The van der Waals surface area contributed by atoms with Crippen LogP contribution in [0.4, 0.5) is 0 Å². The fourth-order valence-electron chi connectivity index (χ4n) is 1.17. The fourth-order valence-corrected chi connectivity index (χ4v) is 1.17. The highest BCUT2D eigenvalue weighted by atomic mass is 16.5. The Morgan fingerprint density at radius 2 is 1.93 bits per heavy atom. The molecule has 1 rings (SSSR count). The third kappa shape index (κ3) is 2.55. The summed E-state index contributed by atoms with van der Waals surface area (Å²) in [4.78, 5) is 11.1. The smallest absolute Gasteiger partial charge is 0.337 e. The molecule has 82 valence electrons. The molecular formula is C11H14O4. The van der Waals surface area contributed by atoms with Crippen molar-refractivity contribution in [2.75, 3.05) is 13.7 Å². The molecule has 2 N–H and O–H groups in total. The fraction of sp³-hybridized carbons (Fsp3) is 0.364. The molecule has 4 heteroatoms. The third-order valence-corrected chi connectivity index (χ3v) is 2.24. The predicted octanol–water partition coefficient (Wildman–Crippen LogP) is 0.673. The van der Waals surface area contributed by atoms with Gasteiger partial charge >= 0.3 is 5.97 Å². The lowest BCUT2D eigenvalue weighted by Gasteiger charge is -2.20. The maximum Gasteiger partial charge on any atom is 0.337 e. The van der Waals surface area contributed by atoms with Crippen LogP contribution in [-0.2, 0) is 10.3 Å². The lowest BCUT2D eigenvalue weighted by atomic mass is 9.96. The predicted molar refractivity (Wildman–Crippen MR) is 54.4 cm³/mol. The zero-order chi connectivity index (χ0) is 11.5. The van der Waals surface area contributed by atoms with Crippen molar-refractivity contribution in [1.29, 1.82) is 0 Å². The maximum atomic E-state index is 11.1. The summed E-state index contributed by atoms with van der Waals surface area (Å²) < 4.78 is 4.54. The second-order valence-electron chi connectivity index (χ2n) is 3.50. The highest BCUT2D eigenvalue weighted by Gasteiger charge is 2.21. The average Bonchev–Trinajstić information content (AvgIpc) is 2.28. The van der Waals surface area contributed by atoms with E-state index in [-0.39, 0.29) is 6.61 Å². The molecule has 0 heterocycles. The van der Waals surface area contributed by atoms with E-state index in [4.69, 9.17) is 5.11 Å². The molecule has 0 saturated heterocycles. The molecule has 0 unspecified atom stereocenters. The van der Waals surface area contributed by atoms with Crippen molar-refractivity contribution >= 4 is 5.97 Å². The average molecular weight is 210 g/mol. The number of aliphatic hydroxyl groups is 2. The van der Waals surface area contributed by atoms with Crippen LogP contribution in [0.1, 0.15) is 22.8 Å². The third-order valence-electron chi connectivity index (χ3n) is 2.24. The van der Waals surface area contributed by atoms with Gasteiger partial charge in [-0.3, -0.25) is 0 Å². The van der Waals surface area contributed by atoms with Crippen molar-refractivity contribution in [2.24, 2.45) is 0 Å². The first kappa shape index (κ1) is 11.7. The molecular weight excluding hydrogens is 196 g/mol. The van der Waals surface area contributed by atoms with Crippen molar-refractivity contribution in [3.63, 3.8) is 0 Å². The Morgan fingerprint density at radius 1 is 1.40 bits per heavy atom. The van der Waals surface area contributed by atoms with Crippen LogP contribution in [0.2, 0.25) is 0 Å². The van der Waals surface area contributed by atoms with Crippen molar-refractivity contribution in [2.45, 2.75) is 12.5 Å². The molecule has 0 aliphatic carbocycles. The van der Waals surface area contributed by atoms with Gasteiger partial charge in [0.1, 0.15) is 5.60 Å². The number of esters is 1. The summed E-state index contributed by atoms with van der Waals surface area (Å²) in [7, 11) is 1.31. The zero-order valence-electron chi connectivity index (χ0n) is 8.73. The molecule has 1 aromatic rings. The Kier molecular flexibility index (Phi) is 3.44. The number of rotatable bonds is 3. The molecule has 0 aliphatic heterocycles. The number of carbonyl (C=O) groups is 1. The second kappa shape index (κ2) is 4.42. The van der Waals surface area contributed by atoms with E-state index in [9.17, 15) is 9.90 Å². The van der Waals surface area contributed by atoms with Gasteiger partial charge in [-0.1, -0.05) is 12.1 Å². The van der Waals surface area contributed by atoms with Gasteiger partial charge in [0.15, 0.2) is 0 Å². The van der Waals surface area contributed by atoms with Crippen LogP contribution in [0.5, 0.6) is 0 Å². The topological polar surface area (TPSA) is 66.8 Å². The van der Waals surface area contributed by atoms with E-state index in [1.165, 1.54) is 14.0 Å². The van der Waals surface area contributed by atoms with E-state index in [0.29, 0.717) is 11.1 Å². The molecule has 15 heavy (non-hydrogen) atoms. The summed E-state index contributed by atoms with van der Waals surface area (Å²) in [5.41, 5.74) is -0.318. The van der Waals surface area contributed by atoms with Crippen LogP contribution < -0.4 is 0 Å². The summed E-state index contributed by atoms with van der Waals surface area (Å²) in [5.74, 6) is -0.426. The van der Waals surface area contributed by atoms with Gasteiger partial charge in [-0.05, 0) is 24.6 Å². The lowest BCUT2D eigenvalue weighted by Crippen LogP contribution is -2.25. The van der Waals surface area contributed by atoms with Crippen molar-refractivity contribution in [3.05, 3.63) is 35.4 Å². The molecule has 4 nitrogen and oxygen atoms in total. The van der Waals surface area contributed by atoms with E-state index in [0.717, 1.165) is 0 Å². The molecule has 1 atom stereocenters. The highest BCUT2D eigenvalue weighted by Crippen LogP contribution is 2.20. The normalized spacial score (nSPS) is 14.4.